The Kier molecular flexibility index (Phi) is 1.90. The van der Waals surface area contributed by atoms with Crippen molar-refractivity contribution >= 4 is 5.78 Å². The van der Waals surface area contributed by atoms with Crippen molar-refractivity contribution in [2.45, 2.75) is 26.4 Å². The van der Waals surface area contributed by atoms with Crippen LogP contribution in [0, 0.1) is 5.92 Å². The molecule has 0 aliphatic heterocycles. The minimum Gasteiger partial charge on any atom is -0.392 e. The summed E-state index contributed by atoms with van der Waals surface area (Å²) in [7, 11) is 0. The summed E-state index contributed by atoms with van der Waals surface area (Å²) in [6.07, 6.45) is 1.66. The fourth-order valence-electron chi connectivity index (χ4n) is 1.14. The lowest BCUT2D eigenvalue weighted by Gasteiger charge is -2.20. The highest BCUT2D eigenvalue weighted by atomic mass is 16.3. The molecule has 2 atom stereocenters. The van der Waals surface area contributed by atoms with Crippen LogP contribution in [0.3, 0.4) is 0 Å². The van der Waals surface area contributed by atoms with Gasteiger partial charge in [0.15, 0.2) is 5.78 Å². The highest BCUT2D eigenvalue weighted by Gasteiger charge is 2.22. The van der Waals surface area contributed by atoms with E-state index in [0.29, 0.717) is 6.42 Å². The number of carbonyl (C=O) groups excluding carboxylic acids is 1. The van der Waals surface area contributed by atoms with E-state index in [1.807, 2.05) is 13.0 Å². The summed E-state index contributed by atoms with van der Waals surface area (Å²) in [5, 5.41) is 9.20. The Labute approximate surface area is 60.6 Å². The predicted octanol–water partition coefficient (Wildman–Crippen LogP) is 0.903. The van der Waals surface area contributed by atoms with Crippen LogP contribution < -0.4 is 0 Å². The molecule has 0 heterocycles. The molecule has 56 valence electrons. The van der Waals surface area contributed by atoms with Crippen LogP contribution in [-0.2, 0) is 4.79 Å². The molecule has 0 bridgehead atoms. The molecule has 0 saturated heterocycles. The predicted molar refractivity (Wildman–Crippen MR) is 38.6 cm³/mol. The van der Waals surface area contributed by atoms with Crippen molar-refractivity contribution in [1.82, 2.24) is 0 Å². The number of hydrogen-bond acceptors (Lipinski definition) is 2. The molecule has 0 amide bonds. The summed E-state index contributed by atoms with van der Waals surface area (Å²) in [5.74, 6) is 0.211. The van der Waals surface area contributed by atoms with Gasteiger partial charge in [-0.05, 0) is 12.5 Å². The van der Waals surface area contributed by atoms with Crippen LogP contribution in [0.1, 0.15) is 20.3 Å². The highest BCUT2D eigenvalue weighted by molar-refractivity contribution is 5.95. The van der Waals surface area contributed by atoms with Crippen LogP contribution in [0.4, 0.5) is 0 Å². The lowest BCUT2D eigenvalue weighted by Crippen LogP contribution is -2.25. The molecule has 1 aliphatic rings. The van der Waals surface area contributed by atoms with Gasteiger partial charge >= 0.3 is 0 Å². The highest BCUT2D eigenvalue weighted by Crippen LogP contribution is 2.19. The first-order valence-corrected chi connectivity index (χ1v) is 3.51. The van der Waals surface area contributed by atoms with Crippen molar-refractivity contribution in [2.75, 3.05) is 0 Å². The van der Waals surface area contributed by atoms with E-state index in [4.69, 9.17) is 0 Å². The van der Waals surface area contributed by atoms with Crippen molar-refractivity contribution in [3.63, 3.8) is 0 Å². The van der Waals surface area contributed by atoms with Crippen molar-refractivity contribution in [1.29, 1.82) is 0 Å². The molecule has 2 nitrogen and oxygen atoms in total. The molecular formula is C8H12O2. The van der Waals surface area contributed by atoms with E-state index in [9.17, 15) is 9.90 Å². The van der Waals surface area contributed by atoms with Gasteiger partial charge in [0, 0.05) is 12.3 Å². The van der Waals surface area contributed by atoms with Crippen molar-refractivity contribution in [3.05, 3.63) is 11.6 Å². The maximum absolute atomic E-state index is 10.9. The standard InChI is InChI=1S/C8H12O2/c1-5-3-6(2)8(10)4-7(5)9/h3,5,7,9H,4H2,1-2H3. The molecule has 0 saturated carbocycles. The van der Waals surface area contributed by atoms with Crippen molar-refractivity contribution < 1.29 is 9.90 Å². The van der Waals surface area contributed by atoms with Gasteiger partial charge in [0.05, 0.1) is 6.10 Å². The van der Waals surface area contributed by atoms with Gasteiger partial charge in [-0.2, -0.15) is 0 Å². The molecule has 1 N–H and O–H groups in total. The molecule has 1 rings (SSSR count). The zero-order chi connectivity index (χ0) is 7.72. The second kappa shape index (κ2) is 2.54. The van der Waals surface area contributed by atoms with Gasteiger partial charge in [-0.3, -0.25) is 4.79 Å². The van der Waals surface area contributed by atoms with Gasteiger partial charge in [0.2, 0.25) is 0 Å². The van der Waals surface area contributed by atoms with Crippen LogP contribution in [0.2, 0.25) is 0 Å². The van der Waals surface area contributed by atoms with Crippen LogP contribution in [0.25, 0.3) is 0 Å². The Balaban J connectivity index is 2.79. The molecule has 0 aromatic rings. The molecular weight excluding hydrogens is 128 g/mol. The second-order valence-electron chi connectivity index (χ2n) is 2.90. The average Bonchev–Trinajstić information content (AvgIpc) is 1.84. The Morgan fingerprint density at radius 2 is 2.30 bits per heavy atom. The summed E-state index contributed by atoms with van der Waals surface area (Å²) in [4.78, 5) is 10.9. The number of allylic oxidation sites excluding steroid dienone is 1. The first-order valence-electron chi connectivity index (χ1n) is 3.51. The second-order valence-corrected chi connectivity index (χ2v) is 2.90. The molecule has 2 heteroatoms. The van der Waals surface area contributed by atoms with E-state index in [0.717, 1.165) is 5.57 Å². The first kappa shape index (κ1) is 7.48. The normalized spacial score (nSPS) is 33.9. The van der Waals surface area contributed by atoms with Gasteiger partial charge in [-0.1, -0.05) is 13.0 Å². The van der Waals surface area contributed by atoms with E-state index in [1.54, 1.807) is 6.92 Å². The molecule has 2 unspecified atom stereocenters. The molecule has 0 aromatic heterocycles. The van der Waals surface area contributed by atoms with Crippen LogP contribution in [0.5, 0.6) is 0 Å². The minimum atomic E-state index is -0.462. The monoisotopic (exact) mass is 140 g/mol. The van der Waals surface area contributed by atoms with Crippen LogP contribution in [-0.4, -0.2) is 17.0 Å². The van der Waals surface area contributed by atoms with E-state index in [-0.39, 0.29) is 11.7 Å². The van der Waals surface area contributed by atoms with Gasteiger partial charge < -0.3 is 5.11 Å². The third-order valence-corrected chi connectivity index (χ3v) is 1.95. The molecule has 10 heavy (non-hydrogen) atoms. The number of hydrogen-bond donors (Lipinski definition) is 1. The first-order chi connectivity index (χ1) is 4.61. The topological polar surface area (TPSA) is 37.3 Å². The van der Waals surface area contributed by atoms with Gasteiger partial charge in [-0.25, -0.2) is 0 Å². The van der Waals surface area contributed by atoms with Gasteiger partial charge in [-0.15, -0.1) is 0 Å². The Bertz CT molecular complexity index is 182. The number of carbonyl (C=O) groups is 1. The minimum absolute atomic E-state index is 0.0746. The third-order valence-electron chi connectivity index (χ3n) is 1.95. The van der Waals surface area contributed by atoms with Crippen molar-refractivity contribution in [2.24, 2.45) is 5.92 Å². The summed E-state index contributed by atoms with van der Waals surface area (Å²) < 4.78 is 0. The van der Waals surface area contributed by atoms with E-state index in [1.165, 1.54) is 0 Å². The summed E-state index contributed by atoms with van der Waals surface area (Å²) >= 11 is 0. The Morgan fingerprint density at radius 1 is 1.70 bits per heavy atom. The zero-order valence-electron chi connectivity index (χ0n) is 6.29. The lowest BCUT2D eigenvalue weighted by atomic mass is 9.89. The van der Waals surface area contributed by atoms with Gasteiger partial charge in [0.25, 0.3) is 0 Å². The molecule has 0 radical (unpaired) electrons. The van der Waals surface area contributed by atoms with E-state index in [2.05, 4.69) is 0 Å². The van der Waals surface area contributed by atoms with E-state index >= 15 is 0 Å². The fourth-order valence-corrected chi connectivity index (χ4v) is 1.14. The Morgan fingerprint density at radius 3 is 2.80 bits per heavy atom. The zero-order valence-corrected chi connectivity index (χ0v) is 6.29. The van der Waals surface area contributed by atoms with Crippen LogP contribution >= 0.6 is 0 Å². The molecule has 0 fully saturated rings. The Hall–Kier alpha value is -0.630. The summed E-state index contributed by atoms with van der Waals surface area (Å²) in [5.41, 5.74) is 0.790. The quantitative estimate of drug-likeness (QED) is 0.543. The molecule has 1 aliphatic carbocycles. The number of aliphatic hydroxyl groups excluding tert-OH is 1. The number of rotatable bonds is 0. The fraction of sp³-hybridized carbons (Fsp3) is 0.625. The molecule has 0 spiro atoms. The average molecular weight is 140 g/mol. The smallest absolute Gasteiger partial charge is 0.160 e. The number of Topliss-reactive ketones (excluding diaryl/α,β-unsaturated/α-hetero) is 1. The van der Waals surface area contributed by atoms with Gasteiger partial charge in [0.1, 0.15) is 0 Å². The van der Waals surface area contributed by atoms with Crippen LogP contribution in [0.15, 0.2) is 11.6 Å². The molecule has 0 aromatic carbocycles. The summed E-state index contributed by atoms with van der Waals surface area (Å²) in [6.45, 7) is 3.71. The number of aliphatic hydroxyl groups is 1. The third kappa shape index (κ3) is 1.27. The largest absolute Gasteiger partial charge is 0.392 e. The maximum atomic E-state index is 10.9. The number of ketones is 1. The van der Waals surface area contributed by atoms with Crippen molar-refractivity contribution in [3.8, 4) is 0 Å². The summed E-state index contributed by atoms with van der Waals surface area (Å²) in [6, 6.07) is 0. The SMILES string of the molecule is CC1=CC(C)C(O)CC1=O. The maximum Gasteiger partial charge on any atom is 0.160 e. The van der Waals surface area contributed by atoms with E-state index < -0.39 is 6.10 Å². The lowest BCUT2D eigenvalue weighted by molar-refractivity contribution is -0.118.